The molecule has 0 saturated carbocycles. The summed E-state index contributed by atoms with van der Waals surface area (Å²) in [6.07, 6.45) is 4.51. The van der Waals surface area contributed by atoms with Gasteiger partial charge >= 0.3 is 0 Å². The van der Waals surface area contributed by atoms with Crippen LogP contribution >= 0.6 is 11.6 Å². The maximum absolute atomic E-state index is 11.3. The molecule has 2 heterocycles. The predicted octanol–water partition coefficient (Wildman–Crippen LogP) is 1.72. The molecule has 0 amide bonds. The van der Waals surface area contributed by atoms with Gasteiger partial charge in [0, 0.05) is 18.4 Å². The van der Waals surface area contributed by atoms with Crippen LogP contribution in [0.25, 0.3) is 0 Å². The molecule has 6 heteroatoms. The molecule has 0 unspecified atom stereocenters. The van der Waals surface area contributed by atoms with Crippen molar-refractivity contribution in [2.75, 3.05) is 16.8 Å². The summed E-state index contributed by atoms with van der Waals surface area (Å²) < 4.78 is 22.5. The van der Waals surface area contributed by atoms with E-state index < -0.39 is 9.84 Å². The average molecular weight is 261 g/mol. The Labute approximate surface area is 99.9 Å². The lowest BCUT2D eigenvalue weighted by Gasteiger charge is -2.24. The largest absolute Gasteiger partial charge is 0.381 e. The number of anilines is 1. The van der Waals surface area contributed by atoms with Gasteiger partial charge in [-0.05, 0) is 18.9 Å². The summed E-state index contributed by atoms with van der Waals surface area (Å²) in [6, 6.07) is 1.98. The molecule has 0 bridgehead atoms. The first-order valence-electron chi connectivity index (χ1n) is 5.13. The third-order valence-electron chi connectivity index (χ3n) is 2.69. The number of halogens is 1. The fourth-order valence-electron chi connectivity index (χ4n) is 1.75. The average Bonchev–Trinajstić information content (AvgIpc) is 2.24. The second-order valence-electron chi connectivity index (χ2n) is 3.93. The second-order valence-corrected chi connectivity index (χ2v) is 6.64. The van der Waals surface area contributed by atoms with Gasteiger partial charge in [0.1, 0.15) is 9.84 Å². The zero-order valence-electron chi connectivity index (χ0n) is 8.69. The molecule has 16 heavy (non-hydrogen) atoms. The molecule has 88 valence electrons. The third kappa shape index (κ3) is 2.86. The number of nitrogens with zero attached hydrogens (tertiary/aromatic N) is 1. The number of aromatic nitrogens is 1. The number of hydrogen-bond donors (Lipinski definition) is 1. The summed E-state index contributed by atoms with van der Waals surface area (Å²) in [4.78, 5) is 3.89. The molecular weight excluding hydrogens is 248 g/mol. The normalized spacial score (nSPS) is 20.6. The Balaban J connectivity index is 2.00. The van der Waals surface area contributed by atoms with Gasteiger partial charge in [-0.25, -0.2) is 8.42 Å². The zero-order valence-corrected chi connectivity index (χ0v) is 10.3. The first-order valence-corrected chi connectivity index (χ1v) is 7.33. The molecule has 0 aliphatic carbocycles. The molecule has 0 atom stereocenters. The highest BCUT2D eigenvalue weighted by atomic mass is 35.5. The number of nitrogens with one attached hydrogen (secondary N) is 1. The van der Waals surface area contributed by atoms with Gasteiger partial charge in [-0.1, -0.05) is 11.6 Å². The van der Waals surface area contributed by atoms with E-state index in [4.69, 9.17) is 11.6 Å². The van der Waals surface area contributed by atoms with Crippen LogP contribution in [0, 0.1) is 0 Å². The van der Waals surface area contributed by atoms with E-state index in [1.807, 2.05) is 0 Å². The van der Waals surface area contributed by atoms with E-state index in [9.17, 15) is 8.42 Å². The standard InChI is InChI=1S/C10H13ClN2O2S/c11-9-7-12-4-1-10(9)13-8-2-5-16(14,15)6-3-8/h1,4,7-8H,2-3,5-6H2,(H,12,13). The van der Waals surface area contributed by atoms with Crippen LogP contribution in [0.4, 0.5) is 5.69 Å². The lowest BCUT2D eigenvalue weighted by molar-refractivity contribution is 0.559. The molecule has 0 aromatic carbocycles. The molecule has 1 N–H and O–H groups in total. The Morgan fingerprint density at radius 2 is 2.06 bits per heavy atom. The summed E-state index contributed by atoms with van der Waals surface area (Å²) in [6.45, 7) is 0. The van der Waals surface area contributed by atoms with E-state index in [2.05, 4.69) is 10.3 Å². The lowest BCUT2D eigenvalue weighted by atomic mass is 10.1. The molecular formula is C10H13ClN2O2S. The first kappa shape index (κ1) is 11.7. The van der Waals surface area contributed by atoms with Gasteiger partial charge in [0.2, 0.25) is 0 Å². The monoisotopic (exact) mass is 260 g/mol. The van der Waals surface area contributed by atoms with Crippen molar-refractivity contribution in [3.8, 4) is 0 Å². The highest BCUT2D eigenvalue weighted by Gasteiger charge is 2.23. The van der Waals surface area contributed by atoms with Crippen molar-refractivity contribution in [2.45, 2.75) is 18.9 Å². The van der Waals surface area contributed by atoms with Gasteiger partial charge in [-0.3, -0.25) is 4.98 Å². The van der Waals surface area contributed by atoms with Gasteiger partial charge in [-0.15, -0.1) is 0 Å². The molecule has 1 fully saturated rings. The first-order chi connectivity index (χ1) is 7.57. The molecule has 0 radical (unpaired) electrons. The molecule has 0 spiro atoms. The Morgan fingerprint density at radius 1 is 1.38 bits per heavy atom. The minimum atomic E-state index is -2.80. The maximum atomic E-state index is 11.3. The summed E-state index contributed by atoms with van der Waals surface area (Å²) in [5.74, 6) is 0.515. The number of pyridine rings is 1. The van der Waals surface area contributed by atoms with E-state index >= 15 is 0 Å². The maximum Gasteiger partial charge on any atom is 0.150 e. The molecule has 4 nitrogen and oxygen atoms in total. The van der Waals surface area contributed by atoms with Crippen LogP contribution in [0.5, 0.6) is 0 Å². The van der Waals surface area contributed by atoms with E-state index in [-0.39, 0.29) is 17.5 Å². The van der Waals surface area contributed by atoms with Crippen LogP contribution in [0.1, 0.15) is 12.8 Å². The fraction of sp³-hybridized carbons (Fsp3) is 0.500. The molecule has 1 aliphatic heterocycles. The van der Waals surface area contributed by atoms with Gasteiger partial charge < -0.3 is 5.32 Å². The van der Waals surface area contributed by atoms with Crippen LogP contribution in [-0.4, -0.2) is 30.9 Å². The topological polar surface area (TPSA) is 59.1 Å². The third-order valence-corrected chi connectivity index (χ3v) is 4.70. The molecule has 1 saturated heterocycles. The van der Waals surface area contributed by atoms with E-state index in [0.717, 1.165) is 5.69 Å². The number of sulfone groups is 1. The van der Waals surface area contributed by atoms with Gasteiger partial charge in [0.25, 0.3) is 0 Å². The Morgan fingerprint density at radius 3 is 2.69 bits per heavy atom. The van der Waals surface area contributed by atoms with Crippen molar-refractivity contribution in [1.82, 2.24) is 4.98 Å². The van der Waals surface area contributed by atoms with Gasteiger partial charge in [0.05, 0.1) is 22.2 Å². The van der Waals surface area contributed by atoms with E-state index in [0.29, 0.717) is 17.9 Å². The highest BCUT2D eigenvalue weighted by Crippen LogP contribution is 2.23. The molecule has 1 aromatic rings. The second kappa shape index (κ2) is 4.59. The van der Waals surface area contributed by atoms with Crippen molar-refractivity contribution in [3.63, 3.8) is 0 Å². The number of hydrogen-bond acceptors (Lipinski definition) is 4. The lowest BCUT2D eigenvalue weighted by Crippen LogP contribution is -2.32. The van der Waals surface area contributed by atoms with Gasteiger partial charge in [0.15, 0.2) is 0 Å². The van der Waals surface area contributed by atoms with Crippen LogP contribution in [0.15, 0.2) is 18.5 Å². The van der Waals surface area contributed by atoms with Crippen LogP contribution < -0.4 is 5.32 Å². The SMILES string of the molecule is O=S1(=O)CCC(Nc2ccncc2Cl)CC1. The van der Waals surface area contributed by atoms with E-state index in [1.54, 1.807) is 18.5 Å². The van der Waals surface area contributed by atoms with Crippen LogP contribution in [-0.2, 0) is 9.84 Å². The highest BCUT2D eigenvalue weighted by molar-refractivity contribution is 7.91. The smallest absolute Gasteiger partial charge is 0.150 e. The van der Waals surface area contributed by atoms with Gasteiger partial charge in [-0.2, -0.15) is 0 Å². The number of rotatable bonds is 2. The van der Waals surface area contributed by atoms with Crippen molar-refractivity contribution < 1.29 is 8.42 Å². The summed E-state index contributed by atoms with van der Waals surface area (Å²) in [5.41, 5.74) is 0.820. The van der Waals surface area contributed by atoms with Crippen molar-refractivity contribution in [1.29, 1.82) is 0 Å². The molecule has 1 aliphatic rings. The summed E-state index contributed by atoms with van der Waals surface area (Å²) in [5, 5.41) is 3.82. The van der Waals surface area contributed by atoms with Crippen molar-refractivity contribution in [2.24, 2.45) is 0 Å². The zero-order chi connectivity index (χ0) is 11.6. The van der Waals surface area contributed by atoms with Crippen LogP contribution in [0.3, 0.4) is 0 Å². The fourth-order valence-corrected chi connectivity index (χ4v) is 3.41. The van der Waals surface area contributed by atoms with E-state index in [1.165, 1.54) is 0 Å². The quantitative estimate of drug-likeness (QED) is 0.880. The summed E-state index contributed by atoms with van der Waals surface area (Å²) >= 11 is 5.96. The van der Waals surface area contributed by atoms with Crippen LogP contribution in [0.2, 0.25) is 5.02 Å². The Bertz CT molecular complexity index is 461. The summed E-state index contributed by atoms with van der Waals surface area (Å²) in [7, 11) is -2.80. The molecule has 2 rings (SSSR count). The van der Waals surface area contributed by atoms with Crippen molar-refractivity contribution >= 4 is 27.1 Å². The predicted molar refractivity (Wildman–Crippen MR) is 64.5 cm³/mol. The minimum absolute atomic E-state index is 0.184. The molecule has 1 aromatic heterocycles. The van der Waals surface area contributed by atoms with Crippen molar-refractivity contribution in [3.05, 3.63) is 23.5 Å². The minimum Gasteiger partial charge on any atom is -0.381 e. The Kier molecular flexibility index (Phi) is 3.35. The Hall–Kier alpha value is -0.810.